The van der Waals surface area contributed by atoms with Crippen LogP contribution in [0, 0.1) is 0 Å². The zero-order valence-electron chi connectivity index (χ0n) is 16.5. The lowest BCUT2D eigenvalue weighted by Crippen LogP contribution is -2.45. The van der Waals surface area contributed by atoms with E-state index in [0.29, 0.717) is 17.4 Å². The van der Waals surface area contributed by atoms with Gasteiger partial charge in [0.15, 0.2) is 13.2 Å². The number of benzene rings is 3. The molecule has 0 aromatic heterocycles. The average molecular weight is 392 g/mol. The molecule has 6 nitrogen and oxygen atoms in total. The van der Waals surface area contributed by atoms with E-state index >= 15 is 0 Å². The smallest absolute Gasteiger partial charge is 0.276 e. The highest BCUT2D eigenvalue weighted by molar-refractivity contribution is 5.89. The van der Waals surface area contributed by atoms with E-state index in [4.69, 9.17) is 9.47 Å². The second-order valence-electron chi connectivity index (χ2n) is 6.87. The fourth-order valence-corrected chi connectivity index (χ4v) is 2.77. The largest absolute Gasteiger partial charge is 0.484 e. The standard InChI is InChI=1S/C23H24N2O4/c1-16(2)17-10-12-19(13-11-17)28-14-22(26)24-25-23(27)15-29-21-9-5-7-18-6-3-4-8-20(18)21/h3-13,16H,14-15H2,1-2H3,(H,24,26)(H,25,27). The van der Waals surface area contributed by atoms with E-state index in [2.05, 4.69) is 24.7 Å². The minimum absolute atomic E-state index is 0.203. The number of carbonyl (C=O) groups is 2. The van der Waals surface area contributed by atoms with Gasteiger partial charge in [-0.15, -0.1) is 0 Å². The molecule has 0 unspecified atom stereocenters. The van der Waals surface area contributed by atoms with Crippen molar-refractivity contribution < 1.29 is 19.1 Å². The van der Waals surface area contributed by atoms with E-state index in [1.807, 2.05) is 60.7 Å². The third-order valence-electron chi connectivity index (χ3n) is 4.37. The van der Waals surface area contributed by atoms with Gasteiger partial charge in [-0.25, -0.2) is 0 Å². The van der Waals surface area contributed by atoms with Crippen molar-refractivity contribution in [1.29, 1.82) is 0 Å². The van der Waals surface area contributed by atoms with Gasteiger partial charge < -0.3 is 9.47 Å². The lowest BCUT2D eigenvalue weighted by molar-refractivity contribution is -0.130. The summed E-state index contributed by atoms with van der Waals surface area (Å²) in [4.78, 5) is 23.8. The summed E-state index contributed by atoms with van der Waals surface area (Å²) in [6, 6.07) is 20.9. The molecule has 29 heavy (non-hydrogen) atoms. The maximum absolute atomic E-state index is 11.9. The molecule has 6 heteroatoms. The lowest BCUT2D eigenvalue weighted by Gasteiger charge is -2.11. The minimum Gasteiger partial charge on any atom is -0.484 e. The number of amides is 2. The third kappa shape index (κ3) is 5.72. The van der Waals surface area contributed by atoms with Crippen molar-refractivity contribution in [3.05, 3.63) is 72.3 Å². The number of hydrogen-bond donors (Lipinski definition) is 2. The Labute approximate surface area is 169 Å². The first-order chi connectivity index (χ1) is 14.0. The highest BCUT2D eigenvalue weighted by Crippen LogP contribution is 2.24. The number of ether oxygens (including phenoxy) is 2. The van der Waals surface area contributed by atoms with Gasteiger partial charge in [0.05, 0.1) is 0 Å². The van der Waals surface area contributed by atoms with Crippen LogP contribution in [0.15, 0.2) is 66.7 Å². The van der Waals surface area contributed by atoms with Crippen molar-refractivity contribution in [2.24, 2.45) is 0 Å². The Kier molecular flexibility index (Phi) is 6.68. The molecule has 3 rings (SSSR count). The van der Waals surface area contributed by atoms with Crippen molar-refractivity contribution in [2.45, 2.75) is 19.8 Å². The zero-order valence-corrected chi connectivity index (χ0v) is 16.5. The first-order valence-electron chi connectivity index (χ1n) is 9.44. The van der Waals surface area contributed by atoms with Gasteiger partial charge in [0, 0.05) is 5.39 Å². The predicted molar refractivity (Wildman–Crippen MR) is 112 cm³/mol. The molecule has 0 bridgehead atoms. The molecule has 2 amide bonds. The average Bonchev–Trinajstić information content (AvgIpc) is 2.75. The normalized spacial score (nSPS) is 10.6. The fraction of sp³-hybridized carbons (Fsp3) is 0.217. The molecular formula is C23H24N2O4. The first kappa shape index (κ1) is 20.2. The molecule has 2 N–H and O–H groups in total. The molecule has 0 radical (unpaired) electrons. The summed E-state index contributed by atoms with van der Waals surface area (Å²) in [5.74, 6) is 0.704. The van der Waals surface area contributed by atoms with E-state index in [0.717, 1.165) is 10.8 Å². The molecule has 0 saturated heterocycles. The van der Waals surface area contributed by atoms with Crippen molar-refractivity contribution in [1.82, 2.24) is 10.9 Å². The summed E-state index contributed by atoms with van der Waals surface area (Å²) in [7, 11) is 0. The Balaban J connectivity index is 1.41. The van der Waals surface area contributed by atoms with Crippen LogP contribution in [0.2, 0.25) is 0 Å². The van der Waals surface area contributed by atoms with Crippen molar-refractivity contribution in [2.75, 3.05) is 13.2 Å². The Bertz CT molecular complexity index is 978. The Morgan fingerprint density at radius 3 is 2.10 bits per heavy atom. The Morgan fingerprint density at radius 2 is 1.41 bits per heavy atom. The highest BCUT2D eigenvalue weighted by Gasteiger charge is 2.08. The number of rotatable bonds is 7. The molecular weight excluding hydrogens is 368 g/mol. The minimum atomic E-state index is -0.465. The quantitative estimate of drug-likeness (QED) is 0.603. The zero-order chi connectivity index (χ0) is 20.6. The molecule has 0 fully saturated rings. The molecule has 0 aliphatic rings. The number of hydrazine groups is 1. The van der Waals surface area contributed by atoms with Crippen LogP contribution < -0.4 is 20.3 Å². The van der Waals surface area contributed by atoms with Crippen molar-refractivity contribution in [3.63, 3.8) is 0 Å². The molecule has 3 aromatic carbocycles. The van der Waals surface area contributed by atoms with E-state index in [1.54, 1.807) is 6.07 Å². The van der Waals surface area contributed by atoms with Crippen LogP contribution in [0.4, 0.5) is 0 Å². The molecule has 0 atom stereocenters. The molecule has 0 saturated carbocycles. The summed E-state index contributed by atoms with van der Waals surface area (Å²) in [6.45, 7) is 3.79. The number of hydrogen-bond acceptors (Lipinski definition) is 4. The highest BCUT2D eigenvalue weighted by atomic mass is 16.5. The van der Waals surface area contributed by atoms with Gasteiger partial charge in [0.25, 0.3) is 11.8 Å². The van der Waals surface area contributed by atoms with Gasteiger partial charge >= 0.3 is 0 Å². The van der Waals surface area contributed by atoms with Crippen LogP contribution in [0.25, 0.3) is 10.8 Å². The molecule has 0 spiro atoms. The van der Waals surface area contributed by atoms with Gasteiger partial charge in [-0.05, 0) is 35.1 Å². The van der Waals surface area contributed by atoms with Gasteiger partial charge in [0.1, 0.15) is 11.5 Å². The second kappa shape index (κ2) is 9.59. The second-order valence-corrected chi connectivity index (χ2v) is 6.87. The van der Waals surface area contributed by atoms with Gasteiger partial charge in [-0.1, -0.05) is 62.4 Å². The van der Waals surface area contributed by atoms with E-state index in [9.17, 15) is 9.59 Å². The van der Waals surface area contributed by atoms with Crippen LogP contribution in [0.1, 0.15) is 25.3 Å². The summed E-state index contributed by atoms with van der Waals surface area (Å²) < 4.78 is 11.0. The molecule has 0 aliphatic heterocycles. The van der Waals surface area contributed by atoms with Crippen LogP contribution in [0.3, 0.4) is 0 Å². The maximum Gasteiger partial charge on any atom is 0.276 e. The van der Waals surface area contributed by atoms with E-state index in [1.165, 1.54) is 5.56 Å². The predicted octanol–water partition coefficient (Wildman–Crippen LogP) is 3.57. The Morgan fingerprint density at radius 1 is 0.793 bits per heavy atom. The van der Waals surface area contributed by atoms with E-state index in [-0.39, 0.29) is 13.2 Å². The lowest BCUT2D eigenvalue weighted by atomic mass is 10.0. The fourth-order valence-electron chi connectivity index (χ4n) is 2.77. The molecule has 3 aromatic rings. The number of carbonyl (C=O) groups excluding carboxylic acids is 2. The van der Waals surface area contributed by atoms with Gasteiger partial charge in [0.2, 0.25) is 0 Å². The van der Waals surface area contributed by atoms with Crippen LogP contribution in [-0.4, -0.2) is 25.0 Å². The number of fused-ring (bicyclic) bond motifs is 1. The summed E-state index contributed by atoms with van der Waals surface area (Å²) in [6.07, 6.45) is 0. The summed E-state index contributed by atoms with van der Waals surface area (Å²) >= 11 is 0. The Hall–Kier alpha value is -3.54. The van der Waals surface area contributed by atoms with Gasteiger partial charge in [-0.3, -0.25) is 20.4 Å². The number of nitrogens with one attached hydrogen (secondary N) is 2. The topological polar surface area (TPSA) is 76.7 Å². The SMILES string of the molecule is CC(C)c1ccc(OCC(=O)NNC(=O)COc2cccc3ccccc23)cc1. The third-order valence-corrected chi connectivity index (χ3v) is 4.37. The maximum atomic E-state index is 11.9. The molecule has 0 heterocycles. The van der Waals surface area contributed by atoms with Crippen LogP contribution >= 0.6 is 0 Å². The van der Waals surface area contributed by atoms with Gasteiger partial charge in [-0.2, -0.15) is 0 Å². The molecule has 150 valence electrons. The van der Waals surface area contributed by atoms with Crippen molar-refractivity contribution in [3.8, 4) is 11.5 Å². The van der Waals surface area contributed by atoms with E-state index < -0.39 is 11.8 Å². The summed E-state index contributed by atoms with van der Waals surface area (Å²) in [5, 5.41) is 1.95. The summed E-state index contributed by atoms with van der Waals surface area (Å²) in [5.41, 5.74) is 5.82. The molecule has 0 aliphatic carbocycles. The first-order valence-corrected chi connectivity index (χ1v) is 9.44. The monoisotopic (exact) mass is 392 g/mol. The van der Waals surface area contributed by atoms with Crippen molar-refractivity contribution >= 4 is 22.6 Å². The van der Waals surface area contributed by atoms with Crippen LogP contribution in [-0.2, 0) is 9.59 Å². The van der Waals surface area contributed by atoms with Crippen LogP contribution in [0.5, 0.6) is 11.5 Å².